The standard InChI is InChI=1S/C22H31N3O4/c1-22(2,3)29-21(28)24-15-20(27)25-18-11-8-17(9-12-18)14-23-19(26)13-10-16-6-4-5-7-16/h8-13,16H,4-7,14-15H2,1-3H3,(H,23,26)(H,24,28)(H,25,27)/b13-10+. The zero-order valence-corrected chi connectivity index (χ0v) is 17.4. The lowest BCUT2D eigenvalue weighted by molar-refractivity contribution is -0.117. The van der Waals surface area contributed by atoms with Crippen LogP contribution in [-0.2, 0) is 20.9 Å². The van der Waals surface area contributed by atoms with Gasteiger partial charge in [-0.3, -0.25) is 9.59 Å². The van der Waals surface area contributed by atoms with Crippen molar-refractivity contribution in [2.24, 2.45) is 5.92 Å². The van der Waals surface area contributed by atoms with Gasteiger partial charge in [-0.1, -0.05) is 31.1 Å². The van der Waals surface area contributed by atoms with Crippen LogP contribution in [0.4, 0.5) is 10.5 Å². The Kier molecular flexibility index (Phi) is 8.24. The third-order valence-corrected chi connectivity index (χ3v) is 4.42. The highest BCUT2D eigenvalue weighted by Crippen LogP contribution is 2.25. The summed E-state index contributed by atoms with van der Waals surface area (Å²) in [4.78, 5) is 35.4. The zero-order chi connectivity index (χ0) is 21.3. The monoisotopic (exact) mass is 401 g/mol. The molecule has 0 atom stereocenters. The molecule has 29 heavy (non-hydrogen) atoms. The fourth-order valence-electron chi connectivity index (χ4n) is 3.00. The molecule has 2 rings (SSSR count). The molecule has 0 saturated heterocycles. The largest absolute Gasteiger partial charge is 0.444 e. The lowest BCUT2D eigenvalue weighted by Crippen LogP contribution is -2.37. The highest BCUT2D eigenvalue weighted by atomic mass is 16.6. The minimum atomic E-state index is -0.638. The summed E-state index contributed by atoms with van der Waals surface area (Å²) in [6.07, 6.45) is 7.83. The van der Waals surface area contributed by atoms with Crippen molar-refractivity contribution in [1.29, 1.82) is 0 Å². The summed E-state index contributed by atoms with van der Waals surface area (Å²) in [6, 6.07) is 7.16. The Bertz CT molecular complexity index is 729. The molecule has 158 valence electrons. The van der Waals surface area contributed by atoms with Gasteiger partial charge in [0.1, 0.15) is 12.1 Å². The molecule has 0 heterocycles. The molecule has 0 aliphatic heterocycles. The number of rotatable bonds is 7. The van der Waals surface area contributed by atoms with Gasteiger partial charge in [-0.2, -0.15) is 0 Å². The lowest BCUT2D eigenvalue weighted by Gasteiger charge is -2.19. The molecule has 1 aromatic carbocycles. The summed E-state index contributed by atoms with van der Waals surface area (Å²) in [7, 11) is 0. The topological polar surface area (TPSA) is 96.5 Å². The van der Waals surface area contributed by atoms with Gasteiger partial charge in [0.05, 0.1) is 0 Å². The molecule has 0 unspecified atom stereocenters. The first-order valence-corrected chi connectivity index (χ1v) is 10.0. The van der Waals surface area contributed by atoms with Gasteiger partial charge in [-0.25, -0.2) is 4.79 Å². The summed E-state index contributed by atoms with van der Waals surface area (Å²) in [6.45, 7) is 5.50. The van der Waals surface area contributed by atoms with Crippen LogP contribution >= 0.6 is 0 Å². The predicted octanol–water partition coefficient (Wildman–Crippen LogP) is 3.51. The average molecular weight is 402 g/mol. The van der Waals surface area contributed by atoms with E-state index in [1.165, 1.54) is 25.7 Å². The van der Waals surface area contributed by atoms with E-state index in [2.05, 4.69) is 16.0 Å². The minimum absolute atomic E-state index is 0.0949. The van der Waals surface area contributed by atoms with E-state index < -0.39 is 11.7 Å². The summed E-state index contributed by atoms with van der Waals surface area (Å²) in [5.74, 6) is 0.0879. The van der Waals surface area contributed by atoms with Crippen molar-refractivity contribution < 1.29 is 19.1 Å². The van der Waals surface area contributed by atoms with Gasteiger partial charge in [0, 0.05) is 12.2 Å². The molecule has 1 saturated carbocycles. The number of hydrogen-bond donors (Lipinski definition) is 3. The van der Waals surface area contributed by atoms with Crippen LogP contribution in [0.2, 0.25) is 0 Å². The van der Waals surface area contributed by atoms with Crippen LogP contribution in [0.3, 0.4) is 0 Å². The number of carbonyl (C=O) groups excluding carboxylic acids is 3. The third-order valence-electron chi connectivity index (χ3n) is 4.42. The van der Waals surface area contributed by atoms with Crippen LogP contribution in [0.15, 0.2) is 36.4 Å². The Labute approximate surface area is 172 Å². The van der Waals surface area contributed by atoms with Crippen molar-refractivity contribution in [3.63, 3.8) is 0 Å². The molecular formula is C22H31N3O4. The number of anilines is 1. The number of carbonyl (C=O) groups is 3. The van der Waals surface area contributed by atoms with Crippen LogP contribution in [0, 0.1) is 5.92 Å². The molecule has 1 aliphatic rings. The van der Waals surface area contributed by atoms with Crippen LogP contribution in [0.5, 0.6) is 0 Å². The molecule has 1 aromatic rings. The first-order valence-electron chi connectivity index (χ1n) is 10.0. The Hall–Kier alpha value is -2.83. The molecule has 0 spiro atoms. The molecule has 7 nitrogen and oxygen atoms in total. The quantitative estimate of drug-likeness (QED) is 0.609. The third kappa shape index (κ3) is 9.27. The van der Waals surface area contributed by atoms with Crippen LogP contribution in [0.1, 0.15) is 52.0 Å². The van der Waals surface area contributed by atoms with E-state index in [0.717, 1.165) is 5.56 Å². The van der Waals surface area contributed by atoms with E-state index in [1.54, 1.807) is 39.0 Å². The van der Waals surface area contributed by atoms with Crippen molar-refractivity contribution in [3.05, 3.63) is 42.0 Å². The SMILES string of the molecule is CC(C)(C)OC(=O)NCC(=O)Nc1ccc(CNC(=O)/C=C/C2CCCC2)cc1. The van der Waals surface area contributed by atoms with Gasteiger partial charge in [-0.05, 0) is 63.3 Å². The molecule has 0 bridgehead atoms. The number of alkyl carbamates (subject to hydrolysis) is 1. The molecular weight excluding hydrogens is 370 g/mol. The van der Waals surface area contributed by atoms with E-state index in [0.29, 0.717) is 18.2 Å². The molecule has 7 heteroatoms. The zero-order valence-electron chi connectivity index (χ0n) is 17.4. The highest BCUT2D eigenvalue weighted by Gasteiger charge is 2.16. The van der Waals surface area contributed by atoms with Crippen LogP contribution < -0.4 is 16.0 Å². The van der Waals surface area contributed by atoms with Crippen molar-refractivity contribution in [2.75, 3.05) is 11.9 Å². The molecule has 0 radical (unpaired) electrons. The van der Waals surface area contributed by atoms with Crippen molar-refractivity contribution in [1.82, 2.24) is 10.6 Å². The summed E-state index contributed by atoms with van der Waals surface area (Å²) in [5.41, 5.74) is 0.924. The van der Waals surface area contributed by atoms with Crippen molar-refractivity contribution >= 4 is 23.6 Å². The van der Waals surface area contributed by atoms with Gasteiger partial charge in [-0.15, -0.1) is 0 Å². The Morgan fingerprint density at radius 1 is 1.07 bits per heavy atom. The Balaban J connectivity index is 1.70. The lowest BCUT2D eigenvalue weighted by atomic mass is 10.1. The second kappa shape index (κ2) is 10.6. The molecule has 1 fully saturated rings. The van der Waals surface area contributed by atoms with Crippen molar-refractivity contribution in [2.45, 2.75) is 58.6 Å². The van der Waals surface area contributed by atoms with Gasteiger partial charge in [0.25, 0.3) is 0 Å². The first-order chi connectivity index (χ1) is 13.7. The molecule has 3 N–H and O–H groups in total. The van der Waals surface area contributed by atoms with Crippen LogP contribution in [-0.4, -0.2) is 30.1 Å². The molecule has 0 aromatic heterocycles. The summed E-state index contributed by atoms with van der Waals surface area (Å²) < 4.78 is 5.08. The van der Waals surface area contributed by atoms with Gasteiger partial charge >= 0.3 is 6.09 Å². The van der Waals surface area contributed by atoms with E-state index >= 15 is 0 Å². The summed E-state index contributed by atoms with van der Waals surface area (Å²) >= 11 is 0. The van der Waals surface area contributed by atoms with Gasteiger partial charge in [0.15, 0.2) is 0 Å². The fraction of sp³-hybridized carbons (Fsp3) is 0.500. The van der Waals surface area contributed by atoms with Crippen LogP contribution in [0.25, 0.3) is 0 Å². The maximum absolute atomic E-state index is 11.9. The maximum atomic E-state index is 11.9. The Morgan fingerprint density at radius 2 is 1.72 bits per heavy atom. The average Bonchev–Trinajstić information content (AvgIpc) is 3.16. The van der Waals surface area contributed by atoms with Crippen molar-refractivity contribution in [3.8, 4) is 0 Å². The first kappa shape index (κ1) is 22.5. The highest BCUT2D eigenvalue weighted by molar-refractivity contribution is 5.93. The van der Waals surface area contributed by atoms with E-state index in [4.69, 9.17) is 4.74 Å². The number of ether oxygens (including phenoxy) is 1. The van der Waals surface area contributed by atoms with Gasteiger partial charge in [0.2, 0.25) is 11.8 Å². The Morgan fingerprint density at radius 3 is 2.34 bits per heavy atom. The van der Waals surface area contributed by atoms with E-state index in [1.807, 2.05) is 18.2 Å². The predicted molar refractivity (Wildman–Crippen MR) is 112 cm³/mol. The second-order valence-corrected chi connectivity index (χ2v) is 8.22. The molecule has 3 amide bonds. The normalized spacial score (nSPS) is 14.6. The summed E-state index contributed by atoms with van der Waals surface area (Å²) in [5, 5.41) is 7.96. The fourth-order valence-corrected chi connectivity index (χ4v) is 3.00. The van der Waals surface area contributed by atoms with E-state index in [9.17, 15) is 14.4 Å². The molecule has 1 aliphatic carbocycles. The number of hydrogen-bond acceptors (Lipinski definition) is 4. The van der Waals surface area contributed by atoms with E-state index in [-0.39, 0.29) is 18.4 Å². The maximum Gasteiger partial charge on any atom is 0.408 e. The number of benzene rings is 1. The number of nitrogens with one attached hydrogen (secondary N) is 3. The second-order valence-electron chi connectivity index (χ2n) is 8.22. The van der Waals surface area contributed by atoms with Gasteiger partial charge < -0.3 is 20.7 Å². The number of amides is 3. The minimum Gasteiger partial charge on any atom is -0.444 e. The smallest absolute Gasteiger partial charge is 0.408 e. The number of allylic oxidation sites excluding steroid dienone is 1.